The average Bonchev–Trinajstić information content (AvgIpc) is 3.91. The van der Waals surface area contributed by atoms with Gasteiger partial charge in [-0.1, -0.05) is 68.4 Å². The number of methoxy groups -OCH3 is 2. The molecule has 16 nitrogen and oxygen atoms in total. The molecule has 2 aliphatic heterocycles. The van der Waals surface area contributed by atoms with Crippen molar-refractivity contribution in [2.75, 3.05) is 32.8 Å². The Morgan fingerprint density at radius 3 is 2.13 bits per heavy atom. The first-order valence-corrected chi connectivity index (χ1v) is 22.3. The van der Waals surface area contributed by atoms with Gasteiger partial charge in [-0.3, -0.25) is 24.5 Å². The van der Waals surface area contributed by atoms with Crippen LogP contribution in [-0.2, 0) is 33.7 Å². The van der Waals surface area contributed by atoms with Gasteiger partial charge in [0.15, 0.2) is 17.4 Å². The fourth-order valence-electron chi connectivity index (χ4n) is 8.32. The lowest BCUT2D eigenvalue weighted by molar-refractivity contribution is -0.229. The number of nitriles is 1. The van der Waals surface area contributed by atoms with Gasteiger partial charge in [0.25, 0.3) is 14.1 Å². The number of aromatic amines is 1. The number of anilines is 1. The zero-order valence-electron chi connectivity index (χ0n) is 37.1. The molecule has 2 N–H and O–H groups in total. The molecule has 3 aromatic carbocycles. The van der Waals surface area contributed by atoms with Crippen molar-refractivity contribution >= 4 is 31.5 Å². The molecular weight excluding hydrogens is 826 g/mol. The van der Waals surface area contributed by atoms with Crippen molar-refractivity contribution in [3.8, 4) is 17.6 Å². The Morgan fingerprint density at radius 2 is 1.57 bits per heavy atom. The predicted octanol–water partition coefficient (Wildman–Crippen LogP) is 7.46. The maximum Gasteiger partial charge on any atom is 0.280 e. The van der Waals surface area contributed by atoms with E-state index < -0.39 is 49.8 Å². The largest absolute Gasteiger partial charge is 0.497 e. The minimum atomic E-state index is -1.81. The zero-order chi connectivity index (χ0) is 45.1. The van der Waals surface area contributed by atoms with Gasteiger partial charge in [0.05, 0.1) is 52.4 Å². The summed E-state index contributed by atoms with van der Waals surface area (Å²) >= 11 is 0. The molecule has 2 aromatic heterocycles. The Bertz CT molecular complexity index is 2380. The van der Waals surface area contributed by atoms with E-state index in [1.807, 2.05) is 85.8 Å². The molecule has 2 fully saturated rings. The number of carbonyl (C=O) groups is 1. The van der Waals surface area contributed by atoms with Crippen LogP contribution in [0.25, 0.3) is 11.2 Å². The second kappa shape index (κ2) is 19.2. The van der Waals surface area contributed by atoms with Gasteiger partial charge in [0.1, 0.15) is 34.9 Å². The van der Waals surface area contributed by atoms with E-state index in [2.05, 4.69) is 58.7 Å². The SMILES string of the molecule is COc1ccc(C(OC[C@]23O[C@@H](n4cnc5c(=O)[nH]c(NC(=O)C(C)C)nc54)[C@H](O[C@@H]2C)[C@@H]3OP(OCCC#N)N(C(C)C)C(C)C)(c2ccccc2)c2ccc(OC)cc2)cc1. The number of hydrogen-bond acceptors (Lipinski definition) is 13. The molecule has 2 aliphatic rings. The molecule has 0 radical (unpaired) electrons. The van der Waals surface area contributed by atoms with Gasteiger partial charge in [-0.05, 0) is 75.6 Å². The fraction of sp³-hybridized carbons (Fsp3) is 0.457. The van der Waals surface area contributed by atoms with E-state index in [0.29, 0.717) is 11.5 Å². The highest BCUT2D eigenvalue weighted by molar-refractivity contribution is 7.44. The van der Waals surface area contributed by atoms with Crippen LogP contribution in [0.5, 0.6) is 11.5 Å². The van der Waals surface area contributed by atoms with E-state index >= 15 is 0 Å². The van der Waals surface area contributed by atoms with Gasteiger partial charge >= 0.3 is 0 Å². The van der Waals surface area contributed by atoms with Crippen LogP contribution in [0.3, 0.4) is 0 Å². The predicted molar refractivity (Wildman–Crippen MR) is 237 cm³/mol. The standard InChI is InChI=1S/C46H56N7O9P/c1-28(2)41(54)50-44-49-40-37(42(55)51-44)48-27-52(40)43-38-39(62-63(59-25-13-24-47)53(29(3)4)30(5)6)45(61-43,31(7)60-38)26-58-46(32-14-11-10-12-15-32,33-16-20-35(56-8)21-17-33)34-18-22-36(57-9)23-19-34/h10-12,14-23,27-31,38-39,43H,13,25-26H2,1-9H3,(H2,49,50,51,54,55)/t31-,38-,39+,43-,45+,63?/m1/s1. The van der Waals surface area contributed by atoms with Crippen LogP contribution in [0.2, 0.25) is 0 Å². The quantitative estimate of drug-likeness (QED) is 0.0474. The van der Waals surface area contributed by atoms with Crippen molar-refractivity contribution in [1.82, 2.24) is 24.2 Å². The van der Waals surface area contributed by atoms with Crippen LogP contribution >= 0.6 is 8.53 Å². The van der Waals surface area contributed by atoms with Crippen LogP contribution < -0.4 is 20.3 Å². The van der Waals surface area contributed by atoms with Crippen molar-refractivity contribution in [2.24, 2.45) is 5.92 Å². The lowest BCUT2D eigenvalue weighted by Crippen LogP contribution is -2.53. The molecule has 0 spiro atoms. The molecular formula is C46H56N7O9P. The molecule has 5 aromatic rings. The molecule has 2 bridgehead atoms. The minimum Gasteiger partial charge on any atom is -0.497 e. The Labute approximate surface area is 368 Å². The third kappa shape index (κ3) is 8.84. The average molecular weight is 882 g/mol. The van der Waals surface area contributed by atoms with Crippen molar-refractivity contribution < 1.29 is 37.5 Å². The smallest absolute Gasteiger partial charge is 0.280 e. The molecule has 2 saturated heterocycles. The topological polar surface area (TPSA) is 184 Å². The first-order chi connectivity index (χ1) is 30.3. The highest BCUT2D eigenvalue weighted by atomic mass is 31.2. The maximum atomic E-state index is 13.4. The minimum absolute atomic E-state index is 0.00312. The number of nitrogens with zero attached hydrogens (tertiary/aromatic N) is 5. The molecule has 1 amide bonds. The van der Waals surface area contributed by atoms with Gasteiger partial charge in [-0.2, -0.15) is 10.2 Å². The van der Waals surface area contributed by atoms with E-state index in [-0.39, 0.29) is 60.7 Å². The van der Waals surface area contributed by atoms with Gasteiger partial charge in [-0.15, -0.1) is 0 Å². The summed E-state index contributed by atoms with van der Waals surface area (Å²) in [4.78, 5) is 37.8. The van der Waals surface area contributed by atoms with Crippen molar-refractivity contribution in [3.63, 3.8) is 0 Å². The monoisotopic (exact) mass is 881 g/mol. The van der Waals surface area contributed by atoms with Crippen LogP contribution in [-0.4, -0.2) is 93.5 Å². The summed E-state index contributed by atoms with van der Waals surface area (Å²) in [5, 5.41) is 12.2. The van der Waals surface area contributed by atoms with Crippen LogP contribution in [0.1, 0.15) is 77.8 Å². The number of aromatic nitrogens is 4. The lowest BCUT2D eigenvalue weighted by atomic mass is 9.79. The van der Waals surface area contributed by atoms with E-state index in [1.165, 1.54) is 6.33 Å². The highest BCUT2D eigenvalue weighted by Crippen LogP contribution is 2.58. The molecule has 7 rings (SSSR count). The lowest BCUT2D eigenvalue weighted by Gasteiger charge is -2.43. The summed E-state index contributed by atoms with van der Waals surface area (Å²) in [6.45, 7) is 13.8. The van der Waals surface area contributed by atoms with E-state index in [4.69, 9.17) is 32.7 Å². The Morgan fingerprint density at radius 1 is 0.968 bits per heavy atom. The number of carbonyl (C=O) groups excluding carboxylic acids is 1. The first-order valence-electron chi connectivity index (χ1n) is 21.1. The summed E-state index contributed by atoms with van der Waals surface area (Å²) in [5.41, 5.74) is -0.372. The Balaban J connectivity index is 1.39. The van der Waals surface area contributed by atoms with Crippen LogP contribution in [0.15, 0.2) is 90.0 Å². The molecule has 63 heavy (non-hydrogen) atoms. The summed E-state index contributed by atoms with van der Waals surface area (Å²) in [6.07, 6.45) is -1.51. The molecule has 17 heteroatoms. The number of nitrogens with one attached hydrogen (secondary N) is 2. The number of hydrogen-bond donors (Lipinski definition) is 2. The number of imidazole rings is 1. The number of fused-ring (bicyclic) bond motifs is 3. The van der Waals surface area contributed by atoms with E-state index in [1.54, 1.807) is 32.6 Å². The summed E-state index contributed by atoms with van der Waals surface area (Å²) in [7, 11) is 1.44. The normalized spacial score (nSPS) is 21.4. The Kier molecular flexibility index (Phi) is 14.0. The number of benzene rings is 3. The zero-order valence-corrected chi connectivity index (χ0v) is 38.0. The summed E-state index contributed by atoms with van der Waals surface area (Å²) < 4.78 is 50.3. The first kappa shape index (κ1) is 45.8. The second-order valence-corrected chi connectivity index (χ2v) is 17.9. The molecule has 334 valence electrons. The van der Waals surface area contributed by atoms with Crippen molar-refractivity contribution in [3.05, 3.63) is 112 Å². The number of ether oxygens (including phenoxy) is 5. The van der Waals surface area contributed by atoms with Crippen LogP contribution in [0.4, 0.5) is 5.95 Å². The van der Waals surface area contributed by atoms with Crippen LogP contribution in [0, 0.1) is 17.2 Å². The molecule has 1 unspecified atom stereocenters. The van der Waals surface area contributed by atoms with Gasteiger partial charge < -0.3 is 32.7 Å². The van der Waals surface area contributed by atoms with Gasteiger partial charge in [0, 0.05) is 18.0 Å². The third-order valence-electron chi connectivity index (χ3n) is 11.5. The molecule has 6 atom stereocenters. The number of amides is 1. The summed E-state index contributed by atoms with van der Waals surface area (Å²) in [5.74, 6) is 0.657. The summed E-state index contributed by atoms with van der Waals surface area (Å²) in [6, 6.07) is 27.7. The highest BCUT2D eigenvalue weighted by Gasteiger charge is 2.68. The number of H-pyrrole nitrogens is 1. The van der Waals surface area contributed by atoms with Crippen molar-refractivity contribution in [1.29, 1.82) is 5.26 Å². The van der Waals surface area contributed by atoms with Gasteiger partial charge in [0.2, 0.25) is 11.9 Å². The molecule has 0 aliphatic carbocycles. The maximum absolute atomic E-state index is 13.4. The molecule has 4 heterocycles. The molecule has 0 saturated carbocycles. The fourth-order valence-corrected chi connectivity index (χ4v) is 10.1. The van der Waals surface area contributed by atoms with E-state index in [0.717, 1.165) is 16.7 Å². The third-order valence-corrected chi connectivity index (χ3v) is 13.6. The van der Waals surface area contributed by atoms with Crippen molar-refractivity contribution in [2.45, 2.75) is 103 Å². The Hall–Kier alpha value is -5.24. The second-order valence-electron chi connectivity index (χ2n) is 16.5. The van der Waals surface area contributed by atoms with Gasteiger partial charge in [-0.25, -0.2) is 9.65 Å². The van der Waals surface area contributed by atoms with E-state index in [9.17, 15) is 14.9 Å². The number of rotatable bonds is 19.